The molecule has 8 nitrogen and oxygen atoms in total. The van der Waals surface area contributed by atoms with Gasteiger partial charge in [-0.2, -0.15) is 5.26 Å². The zero-order valence-corrected chi connectivity index (χ0v) is 23.2. The van der Waals surface area contributed by atoms with Crippen LogP contribution in [0.3, 0.4) is 0 Å². The van der Waals surface area contributed by atoms with Crippen LogP contribution in [0.15, 0.2) is 35.3 Å². The smallest absolute Gasteiger partial charge is 0.266 e. The number of alkyl halides is 2. The van der Waals surface area contributed by atoms with Gasteiger partial charge in [0.1, 0.15) is 22.8 Å². The standard InChI is InChI=1S/C30H31F3N6O2/c1-17(20-5-4-6-21(26(20)31)27(32)33)35-28-22-13-24-25(14-23(22)37(3)18(2)36-28)41-12-7-19-15-38(10-11-39(19)24)29(40)30(16-34)8-9-30/h4-6,13-14,17,19,27H,7-12,15H2,1-3H3/b35-28-/t17-,19-/m1/s1. The molecule has 41 heavy (non-hydrogen) atoms. The van der Waals surface area contributed by atoms with E-state index < -0.39 is 29.3 Å². The first-order valence-electron chi connectivity index (χ1n) is 13.9. The average Bonchev–Trinajstić information content (AvgIpc) is 3.78. The van der Waals surface area contributed by atoms with Crippen molar-refractivity contribution in [3.8, 4) is 11.8 Å². The molecule has 0 N–H and O–H groups in total. The lowest BCUT2D eigenvalue weighted by Crippen LogP contribution is -2.56. The van der Waals surface area contributed by atoms with Crippen LogP contribution in [0, 0.1) is 29.5 Å². The highest BCUT2D eigenvalue weighted by Crippen LogP contribution is 2.47. The van der Waals surface area contributed by atoms with Gasteiger partial charge in [0, 0.05) is 50.1 Å². The number of ether oxygens (including phenoxy) is 1. The first kappa shape index (κ1) is 27.1. The van der Waals surface area contributed by atoms with E-state index in [4.69, 9.17) is 14.7 Å². The van der Waals surface area contributed by atoms with Crippen molar-refractivity contribution in [2.24, 2.45) is 17.5 Å². The molecule has 3 heterocycles. The number of halogens is 3. The van der Waals surface area contributed by atoms with Crippen molar-refractivity contribution in [3.63, 3.8) is 0 Å². The molecule has 1 saturated carbocycles. The number of carbonyl (C=O) groups excluding carboxylic acids is 1. The molecule has 1 aromatic heterocycles. The number of amides is 1. The van der Waals surface area contributed by atoms with E-state index in [1.165, 1.54) is 12.1 Å². The van der Waals surface area contributed by atoms with Crippen LogP contribution in [-0.4, -0.2) is 52.6 Å². The molecule has 6 rings (SSSR count). The van der Waals surface area contributed by atoms with Gasteiger partial charge in [-0.3, -0.25) is 9.79 Å². The van der Waals surface area contributed by atoms with Crippen LogP contribution in [-0.2, 0) is 11.8 Å². The van der Waals surface area contributed by atoms with Crippen molar-refractivity contribution >= 4 is 22.5 Å². The minimum atomic E-state index is -2.92. The Kier molecular flexibility index (Phi) is 6.67. The molecule has 0 radical (unpaired) electrons. The van der Waals surface area contributed by atoms with Crippen LogP contribution in [0.25, 0.3) is 10.9 Å². The zero-order valence-electron chi connectivity index (χ0n) is 23.2. The van der Waals surface area contributed by atoms with Gasteiger partial charge >= 0.3 is 0 Å². The van der Waals surface area contributed by atoms with Gasteiger partial charge in [0.15, 0.2) is 5.49 Å². The topological polar surface area (TPSA) is 86.7 Å². The monoisotopic (exact) mass is 564 g/mol. The minimum Gasteiger partial charge on any atom is -0.491 e. The third-order valence-corrected chi connectivity index (χ3v) is 8.65. The second-order valence-electron chi connectivity index (χ2n) is 11.2. The second kappa shape index (κ2) is 10.1. The van der Waals surface area contributed by atoms with Crippen LogP contribution in [0.2, 0.25) is 0 Å². The first-order valence-corrected chi connectivity index (χ1v) is 13.9. The van der Waals surface area contributed by atoms with Gasteiger partial charge in [0.05, 0.1) is 41.5 Å². The molecule has 1 saturated heterocycles. The predicted octanol–water partition coefficient (Wildman–Crippen LogP) is 4.72. The Labute approximate surface area is 235 Å². The van der Waals surface area contributed by atoms with Gasteiger partial charge in [0.2, 0.25) is 5.91 Å². The maximum absolute atomic E-state index is 14.9. The molecule has 2 aromatic carbocycles. The van der Waals surface area contributed by atoms with E-state index in [2.05, 4.69) is 11.0 Å². The number of aromatic nitrogens is 2. The van der Waals surface area contributed by atoms with Crippen LogP contribution in [0.1, 0.15) is 55.6 Å². The molecule has 1 amide bonds. The molecule has 2 fully saturated rings. The summed E-state index contributed by atoms with van der Waals surface area (Å²) in [6.45, 7) is 5.58. The van der Waals surface area contributed by atoms with Gasteiger partial charge in [-0.25, -0.2) is 18.2 Å². The molecule has 2 aliphatic heterocycles. The van der Waals surface area contributed by atoms with E-state index in [0.717, 1.165) is 22.7 Å². The van der Waals surface area contributed by atoms with Crippen molar-refractivity contribution in [1.82, 2.24) is 14.5 Å². The van der Waals surface area contributed by atoms with Gasteiger partial charge < -0.3 is 19.1 Å². The number of rotatable bonds is 4. The fourth-order valence-electron chi connectivity index (χ4n) is 5.94. The van der Waals surface area contributed by atoms with Gasteiger partial charge in [-0.15, -0.1) is 0 Å². The molecule has 3 aliphatic rings. The Hall–Kier alpha value is -4.07. The largest absolute Gasteiger partial charge is 0.491 e. The fraction of sp³-hybridized carbons (Fsp3) is 0.467. The molecule has 0 unspecified atom stereocenters. The van der Waals surface area contributed by atoms with Crippen LogP contribution in [0.4, 0.5) is 18.9 Å². The summed E-state index contributed by atoms with van der Waals surface area (Å²) >= 11 is 0. The van der Waals surface area contributed by atoms with Gasteiger partial charge in [-0.1, -0.05) is 18.2 Å². The lowest BCUT2D eigenvalue weighted by Gasteiger charge is -2.42. The lowest BCUT2D eigenvalue weighted by molar-refractivity contribution is -0.135. The molecule has 214 valence electrons. The summed E-state index contributed by atoms with van der Waals surface area (Å²) in [4.78, 5) is 26.6. The number of carbonyl (C=O) groups is 1. The highest BCUT2D eigenvalue weighted by Gasteiger charge is 2.53. The highest BCUT2D eigenvalue weighted by molar-refractivity contribution is 5.89. The number of nitrogens with zero attached hydrogens (tertiary/aromatic N) is 6. The molecule has 1 aliphatic carbocycles. The van der Waals surface area contributed by atoms with Crippen molar-refractivity contribution in [1.29, 1.82) is 5.26 Å². The molecule has 3 aromatic rings. The predicted molar refractivity (Wildman–Crippen MR) is 146 cm³/mol. The van der Waals surface area contributed by atoms with Crippen molar-refractivity contribution in [2.45, 2.75) is 51.6 Å². The number of anilines is 1. The minimum absolute atomic E-state index is 0.0125. The zero-order chi connectivity index (χ0) is 29.1. The van der Waals surface area contributed by atoms with Crippen LogP contribution in [0.5, 0.6) is 5.75 Å². The van der Waals surface area contributed by atoms with Gasteiger partial charge in [0.25, 0.3) is 6.43 Å². The number of fused-ring (bicyclic) bond motifs is 4. The normalized spacial score (nSPS) is 20.6. The fourth-order valence-corrected chi connectivity index (χ4v) is 5.94. The number of hydrogen-bond acceptors (Lipinski definition) is 6. The second-order valence-corrected chi connectivity index (χ2v) is 11.2. The van der Waals surface area contributed by atoms with Crippen molar-refractivity contribution in [2.75, 3.05) is 31.1 Å². The van der Waals surface area contributed by atoms with E-state index in [1.807, 2.05) is 35.6 Å². The maximum Gasteiger partial charge on any atom is 0.266 e. The number of benzene rings is 2. The Balaban J connectivity index is 1.41. The Bertz CT molecular complexity index is 1660. The Morgan fingerprint density at radius 1 is 1.24 bits per heavy atom. The van der Waals surface area contributed by atoms with E-state index in [9.17, 15) is 23.2 Å². The summed E-state index contributed by atoms with van der Waals surface area (Å²) in [5.41, 5.74) is 0.638. The van der Waals surface area contributed by atoms with E-state index >= 15 is 0 Å². The van der Waals surface area contributed by atoms with E-state index in [-0.39, 0.29) is 17.5 Å². The van der Waals surface area contributed by atoms with Crippen LogP contribution >= 0.6 is 0 Å². The van der Waals surface area contributed by atoms with E-state index in [0.29, 0.717) is 62.6 Å². The first-order chi connectivity index (χ1) is 19.6. The summed E-state index contributed by atoms with van der Waals surface area (Å²) in [5.74, 6) is 0.360. The summed E-state index contributed by atoms with van der Waals surface area (Å²) in [6.07, 6.45) is -0.968. The molecular weight excluding hydrogens is 533 g/mol. The number of hydrogen-bond donors (Lipinski definition) is 0. The lowest BCUT2D eigenvalue weighted by atomic mass is 10.0. The third-order valence-electron chi connectivity index (χ3n) is 8.65. The van der Waals surface area contributed by atoms with E-state index in [1.54, 1.807) is 6.92 Å². The number of aryl methyl sites for hydroxylation is 2. The van der Waals surface area contributed by atoms with Crippen LogP contribution < -0.4 is 15.1 Å². The Morgan fingerprint density at radius 2 is 2.00 bits per heavy atom. The number of nitriles is 1. The highest BCUT2D eigenvalue weighted by atomic mass is 19.3. The summed E-state index contributed by atoms with van der Waals surface area (Å²) < 4.78 is 49.8. The molecule has 11 heteroatoms. The van der Waals surface area contributed by atoms with Crippen molar-refractivity contribution in [3.05, 3.63) is 58.6 Å². The SMILES string of the molecule is Cc1n/c(=N\[C@H](C)c2cccc(C(F)F)c2F)c2cc3c(cc2n1C)OCC[C@@H]1CN(C(=O)C2(C#N)CC2)CCN31. The molecule has 0 bridgehead atoms. The molecule has 2 atom stereocenters. The Morgan fingerprint density at radius 3 is 2.71 bits per heavy atom. The molecule has 0 spiro atoms. The average molecular weight is 565 g/mol. The molecular formula is C30H31F3N6O2. The third kappa shape index (κ3) is 4.59. The van der Waals surface area contributed by atoms with Gasteiger partial charge in [-0.05, 0) is 32.8 Å². The summed E-state index contributed by atoms with van der Waals surface area (Å²) in [6, 6.07) is 9.36. The summed E-state index contributed by atoms with van der Waals surface area (Å²) in [7, 11) is 1.89. The summed E-state index contributed by atoms with van der Waals surface area (Å²) in [5, 5.41) is 10.2. The number of piperazine rings is 1. The maximum atomic E-state index is 14.9. The van der Waals surface area contributed by atoms with Crippen molar-refractivity contribution < 1.29 is 22.7 Å². The quantitative estimate of drug-likeness (QED) is 0.458.